The molecule has 5 heteroatoms. The number of hydrogen-bond donors (Lipinski definition) is 5. The lowest BCUT2D eigenvalue weighted by Gasteiger charge is -2.23. The fourth-order valence-electron chi connectivity index (χ4n) is 2.91. The molecule has 0 aromatic carbocycles. The van der Waals surface area contributed by atoms with E-state index < -0.39 is 31.8 Å². The van der Waals surface area contributed by atoms with Crippen LogP contribution < -0.4 is 0 Å². The van der Waals surface area contributed by atoms with Gasteiger partial charge in [0.05, 0.1) is 31.8 Å². The van der Waals surface area contributed by atoms with E-state index in [0.717, 1.165) is 12.3 Å². The van der Waals surface area contributed by atoms with Gasteiger partial charge in [0.25, 0.3) is 0 Å². The minimum Gasteiger partial charge on any atom is -0.396 e. The number of rotatable bonds is 19. The second kappa shape index (κ2) is 23.1. The molecule has 0 aromatic rings. The lowest BCUT2D eigenvalue weighted by atomic mass is 9.93. The van der Waals surface area contributed by atoms with Gasteiger partial charge in [0, 0.05) is 6.61 Å². The summed E-state index contributed by atoms with van der Waals surface area (Å²) in [5.74, 6) is 0.886. The van der Waals surface area contributed by atoms with Gasteiger partial charge >= 0.3 is 0 Å². The van der Waals surface area contributed by atoms with Crippen LogP contribution in [0, 0.1) is 11.3 Å². The van der Waals surface area contributed by atoms with Crippen molar-refractivity contribution < 1.29 is 25.5 Å². The van der Waals surface area contributed by atoms with Crippen molar-refractivity contribution in [3.05, 3.63) is 0 Å². The van der Waals surface area contributed by atoms with Crippen LogP contribution in [0.1, 0.15) is 104 Å². The molecular weight excluding hydrogens is 356 g/mol. The Bertz CT molecular complexity index is 263. The number of unbranched alkanes of at least 4 members (excludes halogenated alkanes) is 12. The first-order chi connectivity index (χ1) is 13.5. The van der Waals surface area contributed by atoms with E-state index in [1.54, 1.807) is 0 Å². The van der Waals surface area contributed by atoms with Crippen LogP contribution in [0.15, 0.2) is 0 Å². The monoisotopic (exact) mass is 406 g/mol. The fourth-order valence-corrected chi connectivity index (χ4v) is 2.91. The van der Waals surface area contributed by atoms with Crippen LogP contribution in [0.5, 0.6) is 0 Å². The zero-order valence-electron chi connectivity index (χ0n) is 18.7. The third kappa shape index (κ3) is 20.5. The molecule has 0 saturated heterocycles. The van der Waals surface area contributed by atoms with Gasteiger partial charge in [-0.3, -0.25) is 0 Å². The summed E-state index contributed by atoms with van der Waals surface area (Å²) in [6.07, 6.45) is 19.3. The molecule has 172 valence electrons. The molecule has 0 atom stereocenters. The van der Waals surface area contributed by atoms with Gasteiger partial charge in [-0.15, -0.1) is 0 Å². The SMILES string of the molecule is CC(C)CCCCCCCCCCCCCCCO.OCC(CO)(CO)CO. The third-order valence-corrected chi connectivity index (χ3v) is 5.28. The topological polar surface area (TPSA) is 101 Å². The molecular formula is C23H50O5. The van der Waals surface area contributed by atoms with E-state index >= 15 is 0 Å². The maximum atomic E-state index is 8.67. The highest BCUT2D eigenvalue weighted by Gasteiger charge is 2.26. The predicted octanol–water partition coefficient (Wildman–Crippen LogP) is 4.04. The van der Waals surface area contributed by atoms with Gasteiger partial charge in [0.1, 0.15) is 0 Å². The van der Waals surface area contributed by atoms with E-state index in [0.29, 0.717) is 6.61 Å². The van der Waals surface area contributed by atoms with Crippen molar-refractivity contribution in [1.29, 1.82) is 0 Å². The van der Waals surface area contributed by atoms with Crippen molar-refractivity contribution in [2.24, 2.45) is 11.3 Å². The zero-order chi connectivity index (χ0) is 21.5. The number of aliphatic hydroxyl groups excluding tert-OH is 5. The van der Waals surface area contributed by atoms with Gasteiger partial charge in [0.15, 0.2) is 0 Å². The highest BCUT2D eigenvalue weighted by molar-refractivity contribution is 4.74. The van der Waals surface area contributed by atoms with Crippen LogP contribution in [-0.4, -0.2) is 58.6 Å². The number of hydrogen-bond acceptors (Lipinski definition) is 5. The Hall–Kier alpha value is -0.200. The largest absolute Gasteiger partial charge is 0.396 e. The van der Waals surface area contributed by atoms with Crippen molar-refractivity contribution >= 4 is 0 Å². The van der Waals surface area contributed by atoms with E-state index in [4.69, 9.17) is 25.5 Å². The summed E-state index contributed by atoms with van der Waals surface area (Å²) < 4.78 is 0. The molecule has 0 bridgehead atoms. The second-order valence-corrected chi connectivity index (χ2v) is 8.63. The molecule has 0 rings (SSSR count). The Morgan fingerprint density at radius 2 is 0.750 bits per heavy atom. The predicted molar refractivity (Wildman–Crippen MR) is 117 cm³/mol. The lowest BCUT2D eigenvalue weighted by Crippen LogP contribution is -2.37. The van der Waals surface area contributed by atoms with E-state index in [1.165, 1.54) is 83.5 Å². The molecule has 0 radical (unpaired) electrons. The van der Waals surface area contributed by atoms with Crippen LogP contribution in [0.4, 0.5) is 0 Å². The van der Waals surface area contributed by atoms with Gasteiger partial charge in [-0.2, -0.15) is 0 Å². The molecule has 0 aliphatic carbocycles. The zero-order valence-corrected chi connectivity index (χ0v) is 18.7. The molecule has 0 heterocycles. The van der Waals surface area contributed by atoms with Crippen molar-refractivity contribution in [2.45, 2.75) is 104 Å². The molecule has 0 aliphatic rings. The smallest absolute Gasteiger partial charge is 0.0627 e. The molecule has 0 amide bonds. The molecule has 0 spiro atoms. The minimum atomic E-state index is -1.11. The molecule has 28 heavy (non-hydrogen) atoms. The van der Waals surface area contributed by atoms with Gasteiger partial charge in [0.2, 0.25) is 0 Å². The summed E-state index contributed by atoms with van der Waals surface area (Å²) in [7, 11) is 0. The van der Waals surface area contributed by atoms with Crippen LogP contribution in [-0.2, 0) is 0 Å². The summed E-state index contributed by atoms with van der Waals surface area (Å²) >= 11 is 0. The molecule has 0 fully saturated rings. The standard InChI is InChI=1S/C18H38O.C5H12O4/c1-18(2)16-14-12-10-8-6-4-3-5-7-9-11-13-15-17-19;6-1-5(2-7,3-8)4-9/h18-19H,3-17H2,1-2H3;6-9H,1-4H2. The van der Waals surface area contributed by atoms with Crippen LogP contribution in [0.3, 0.4) is 0 Å². The number of aliphatic hydroxyl groups is 5. The molecule has 5 N–H and O–H groups in total. The van der Waals surface area contributed by atoms with Crippen LogP contribution in [0.2, 0.25) is 0 Å². The first-order valence-electron chi connectivity index (χ1n) is 11.6. The first-order valence-corrected chi connectivity index (χ1v) is 11.6. The Morgan fingerprint density at radius 1 is 0.464 bits per heavy atom. The summed E-state index contributed by atoms with van der Waals surface area (Å²) in [6, 6.07) is 0. The van der Waals surface area contributed by atoms with Gasteiger partial charge in [-0.1, -0.05) is 97.3 Å². The third-order valence-electron chi connectivity index (χ3n) is 5.28. The summed E-state index contributed by atoms with van der Waals surface area (Å²) in [6.45, 7) is 3.39. The van der Waals surface area contributed by atoms with E-state index in [9.17, 15) is 0 Å². The fraction of sp³-hybridized carbons (Fsp3) is 1.00. The average Bonchev–Trinajstić information content (AvgIpc) is 2.71. The Balaban J connectivity index is 0. The van der Waals surface area contributed by atoms with Crippen molar-refractivity contribution in [3.8, 4) is 0 Å². The van der Waals surface area contributed by atoms with Gasteiger partial charge in [-0.25, -0.2) is 0 Å². The maximum absolute atomic E-state index is 8.67. The van der Waals surface area contributed by atoms with E-state index in [1.807, 2.05) is 0 Å². The Morgan fingerprint density at radius 3 is 0.964 bits per heavy atom. The first kappa shape index (κ1) is 30.0. The quantitative estimate of drug-likeness (QED) is 0.208. The summed E-state index contributed by atoms with van der Waals surface area (Å²) in [5, 5.41) is 42.7. The lowest BCUT2D eigenvalue weighted by molar-refractivity contribution is -0.0328. The van der Waals surface area contributed by atoms with Crippen molar-refractivity contribution in [1.82, 2.24) is 0 Å². The van der Waals surface area contributed by atoms with Gasteiger partial charge in [-0.05, 0) is 12.3 Å². The molecule has 0 aromatic heterocycles. The highest BCUT2D eigenvalue weighted by Crippen LogP contribution is 2.14. The maximum Gasteiger partial charge on any atom is 0.0627 e. The Labute approximate surface area is 174 Å². The normalized spacial score (nSPS) is 11.6. The van der Waals surface area contributed by atoms with Crippen molar-refractivity contribution in [2.75, 3.05) is 33.0 Å². The molecule has 0 saturated carbocycles. The van der Waals surface area contributed by atoms with Crippen LogP contribution >= 0.6 is 0 Å². The van der Waals surface area contributed by atoms with Gasteiger partial charge < -0.3 is 25.5 Å². The average molecular weight is 407 g/mol. The van der Waals surface area contributed by atoms with E-state index in [2.05, 4.69) is 13.8 Å². The summed E-state index contributed by atoms with van der Waals surface area (Å²) in [5.41, 5.74) is -1.11. The Kier molecular flexibility index (Phi) is 24.7. The molecule has 0 aliphatic heterocycles. The minimum absolute atomic E-state index is 0.372. The summed E-state index contributed by atoms with van der Waals surface area (Å²) in [4.78, 5) is 0. The van der Waals surface area contributed by atoms with Crippen LogP contribution in [0.25, 0.3) is 0 Å². The second-order valence-electron chi connectivity index (χ2n) is 8.63. The van der Waals surface area contributed by atoms with E-state index in [-0.39, 0.29) is 0 Å². The molecule has 0 unspecified atom stereocenters. The highest BCUT2D eigenvalue weighted by atomic mass is 16.3. The van der Waals surface area contributed by atoms with Crippen molar-refractivity contribution in [3.63, 3.8) is 0 Å². The molecule has 5 nitrogen and oxygen atoms in total.